The lowest BCUT2D eigenvalue weighted by Gasteiger charge is -2.27. The van der Waals surface area contributed by atoms with Gasteiger partial charge in [0.2, 0.25) is 0 Å². The third-order valence-electron chi connectivity index (χ3n) is 5.41. The Bertz CT molecular complexity index is 1010. The SMILES string of the molecule is NC(=O)c1c(-c2ccc(Oc3ccccc3)cc2)nn2c1NC[C@@H]1CNC[C@@H]12. The Balaban J connectivity index is 1.50. The topological polar surface area (TPSA) is 94.2 Å². The molecule has 5 rings (SSSR count). The van der Waals surface area contributed by atoms with Crippen LogP contribution in [0.15, 0.2) is 54.6 Å². The molecule has 1 fully saturated rings. The molecule has 4 N–H and O–H groups in total. The van der Waals surface area contributed by atoms with E-state index in [4.69, 9.17) is 15.6 Å². The average Bonchev–Trinajstić information content (AvgIpc) is 3.33. The number of nitrogens with one attached hydrogen (secondary N) is 2. The van der Waals surface area contributed by atoms with Crippen molar-refractivity contribution < 1.29 is 9.53 Å². The summed E-state index contributed by atoms with van der Waals surface area (Å²) in [7, 11) is 0. The number of primary amides is 1. The lowest BCUT2D eigenvalue weighted by molar-refractivity contribution is 0.100. The van der Waals surface area contributed by atoms with E-state index in [2.05, 4.69) is 10.6 Å². The van der Waals surface area contributed by atoms with E-state index in [1.54, 1.807) is 0 Å². The molecule has 142 valence electrons. The van der Waals surface area contributed by atoms with Gasteiger partial charge in [-0.05, 0) is 36.4 Å². The third-order valence-corrected chi connectivity index (χ3v) is 5.41. The molecule has 28 heavy (non-hydrogen) atoms. The van der Waals surface area contributed by atoms with Gasteiger partial charge in [0.05, 0.1) is 6.04 Å². The lowest BCUT2D eigenvalue weighted by Crippen LogP contribution is -2.32. The number of nitrogens with two attached hydrogens (primary N) is 1. The fourth-order valence-electron chi connectivity index (χ4n) is 4.03. The van der Waals surface area contributed by atoms with Crippen molar-refractivity contribution in [2.45, 2.75) is 6.04 Å². The van der Waals surface area contributed by atoms with Gasteiger partial charge in [-0.25, -0.2) is 4.68 Å². The van der Waals surface area contributed by atoms with Crippen molar-refractivity contribution in [3.05, 3.63) is 60.2 Å². The third kappa shape index (κ3) is 2.80. The summed E-state index contributed by atoms with van der Waals surface area (Å²) >= 11 is 0. The van der Waals surface area contributed by atoms with Gasteiger partial charge in [0.25, 0.3) is 5.91 Å². The van der Waals surface area contributed by atoms with Crippen LogP contribution in [0, 0.1) is 5.92 Å². The van der Waals surface area contributed by atoms with Crippen LogP contribution in [0.1, 0.15) is 16.4 Å². The van der Waals surface area contributed by atoms with Crippen LogP contribution < -0.4 is 21.1 Å². The summed E-state index contributed by atoms with van der Waals surface area (Å²) in [5.41, 5.74) is 7.60. The number of hydrogen-bond acceptors (Lipinski definition) is 5. The van der Waals surface area contributed by atoms with Crippen LogP contribution in [0.3, 0.4) is 0 Å². The Kier molecular flexibility index (Phi) is 4.02. The predicted octanol–water partition coefficient (Wildman–Crippen LogP) is 2.63. The van der Waals surface area contributed by atoms with Gasteiger partial charge in [0.1, 0.15) is 28.6 Å². The number of amides is 1. The van der Waals surface area contributed by atoms with E-state index in [0.717, 1.165) is 42.5 Å². The summed E-state index contributed by atoms with van der Waals surface area (Å²) in [4.78, 5) is 12.2. The highest BCUT2D eigenvalue weighted by atomic mass is 16.5. The van der Waals surface area contributed by atoms with E-state index in [9.17, 15) is 4.79 Å². The van der Waals surface area contributed by atoms with Gasteiger partial charge in [0.15, 0.2) is 0 Å². The van der Waals surface area contributed by atoms with Crippen LogP contribution in [0.5, 0.6) is 11.5 Å². The monoisotopic (exact) mass is 375 g/mol. The van der Waals surface area contributed by atoms with Crippen LogP contribution >= 0.6 is 0 Å². The number of benzene rings is 2. The van der Waals surface area contributed by atoms with Crippen molar-refractivity contribution in [3.63, 3.8) is 0 Å². The summed E-state index contributed by atoms with van der Waals surface area (Å²) in [6.45, 7) is 2.61. The summed E-state index contributed by atoms with van der Waals surface area (Å²) < 4.78 is 7.78. The van der Waals surface area contributed by atoms with Crippen molar-refractivity contribution in [2.24, 2.45) is 11.7 Å². The first-order chi connectivity index (χ1) is 13.7. The van der Waals surface area contributed by atoms with E-state index in [0.29, 0.717) is 17.2 Å². The Hall–Kier alpha value is -3.32. The molecule has 0 spiro atoms. The van der Waals surface area contributed by atoms with Crippen LogP contribution in [0.25, 0.3) is 11.3 Å². The van der Waals surface area contributed by atoms with Crippen molar-refractivity contribution in [2.75, 3.05) is 25.0 Å². The molecule has 1 saturated heterocycles. The highest BCUT2D eigenvalue weighted by molar-refractivity contribution is 6.03. The minimum atomic E-state index is -0.474. The van der Waals surface area contributed by atoms with Gasteiger partial charge >= 0.3 is 0 Å². The Morgan fingerprint density at radius 2 is 1.79 bits per heavy atom. The zero-order chi connectivity index (χ0) is 19.1. The molecule has 3 heterocycles. The van der Waals surface area contributed by atoms with Gasteiger partial charge < -0.3 is 21.1 Å². The van der Waals surface area contributed by atoms with E-state index in [1.807, 2.05) is 59.3 Å². The van der Waals surface area contributed by atoms with Crippen molar-refractivity contribution in [1.29, 1.82) is 0 Å². The average molecular weight is 375 g/mol. The van der Waals surface area contributed by atoms with Crippen LogP contribution in [-0.4, -0.2) is 35.3 Å². The second kappa shape index (κ2) is 6.69. The summed E-state index contributed by atoms with van der Waals surface area (Å²) in [5.74, 6) is 2.20. The molecule has 7 nitrogen and oxygen atoms in total. The van der Waals surface area contributed by atoms with E-state index < -0.39 is 5.91 Å². The molecule has 3 aromatic rings. The molecular weight excluding hydrogens is 354 g/mol. The number of fused-ring (bicyclic) bond motifs is 3. The lowest BCUT2D eigenvalue weighted by atomic mass is 10.0. The highest BCUT2D eigenvalue weighted by Crippen LogP contribution is 2.37. The maximum Gasteiger partial charge on any atom is 0.254 e. The molecule has 0 radical (unpaired) electrons. The molecule has 0 bridgehead atoms. The quantitative estimate of drug-likeness (QED) is 0.652. The van der Waals surface area contributed by atoms with Crippen LogP contribution in [-0.2, 0) is 0 Å². The summed E-state index contributed by atoms with van der Waals surface area (Å²) in [6, 6.07) is 17.4. The minimum Gasteiger partial charge on any atom is -0.457 e. The fraction of sp³-hybridized carbons (Fsp3) is 0.238. The number of ether oxygens (including phenoxy) is 1. The zero-order valence-electron chi connectivity index (χ0n) is 15.3. The molecule has 2 aliphatic heterocycles. The fourth-order valence-corrected chi connectivity index (χ4v) is 4.03. The normalized spacial score (nSPS) is 20.1. The Labute approximate surface area is 162 Å². The summed E-state index contributed by atoms with van der Waals surface area (Å²) in [6.07, 6.45) is 0. The van der Waals surface area contributed by atoms with Crippen molar-refractivity contribution in [1.82, 2.24) is 15.1 Å². The number of aromatic nitrogens is 2. The van der Waals surface area contributed by atoms with Crippen molar-refractivity contribution in [3.8, 4) is 22.8 Å². The predicted molar refractivity (Wildman–Crippen MR) is 107 cm³/mol. The first kappa shape index (κ1) is 16.8. The molecule has 1 amide bonds. The minimum absolute atomic E-state index is 0.240. The number of carbonyl (C=O) groups is 1. The number of nitrogens with zero attached hydrogens (tertiary/aromatic N) is 2. The number of hydrogen-bond donors (Lipinski definition) is 3. The smallest absolute Gasteiger partial charge is 0.254 e. The number of carbonyl (C=O) groups excluding carboxylic acids is 1. The molecular formula is C21H21N5O2. The first-order valence-corrected chi connectivity index (χ1v) is 9.41. The largest absolute Gasteiger partial charge is 0.457 e. The molecule has 0 saturated carbocycles. The van der Waals surface area contributed by atoms with Crippen LogP contribution in [0.4, 0.5) is 5.82 Å². The van der Waals surface area contributed by atoms with E-state index in [-0.39, 0.29) is 6.04 Å². The Morgan fingerprint density at radius 3 is 2.54 bits per heavy atom. The van der Waals surface area contributed by atoms with Gasteiger partial charge in [-0.2, -0.15) is 5.10 Å². The molecule has 0 aliphatic carbocycles. The van der Waals surface area contributed by atoms with Gasteiger partial charge in [-0.15, -0.1) is 0 Å². The maximum absolute atomic E-state index is 12.2. The number of rotatable bonds is 4. The first-order valence-electron chi connectivity index (χ1n) is 9.41. The van der Waals surface area contributed by atoms with Gasteiger partial charge in [0, 0.05) is 31.1 Å². The Morgan fingerprint density at radius 1 is 1.04 bits per heavy atom. The number of anilines is 1. The van der Waals surface area contributed by atoms with E-state index in [1.165, 1.54) is 0 Å². The van der Waals surface area contributed by atoms with E-state index >= 15 is 0 Å². The number of para-hydroxylation sites is 1. The molecule has 2 aliphatic rings. The maximum atomic E-state index is 12.2. The van der Waals surface area contributed by atoms with Crippen molar-refractivity contribution >= 4 is 11.7 Å². The summed E-state index contributed by atoms with van der Waals surface area (Å²) in [5, 5.41) is 11.5. The van der Waals surface area contributed by atoms with Gasteiger partial charge in [-0.1, -0.05) is 18.2 Å². The zero-order valence-corrected chi connectivity index (χ0v) is 15.3. The molecule has 1 aromatic heterocycles. The molecule has 7 heteroatoms. The molecule has 2 atom stereocenters. The second-order valence-corrected chi connectivity index (χ2v) is 7.19. The molecule has 0 unspecified atom stereocenters. The van der Waals surface area contributed by atoms with Gasteiger partial charge in [-0.3, -0.25) is 4.79 Å². The molecule has 2 aromatic carbocycles. The standard InChI is InChI=1S/C21H21N5O2/c22-20(27)18-19(25-26-17-12-23-10-14(17)11-24-21(18)26)13-6-8-16(9-7-13)28-15-4-2-1-3-5-15/h1-9,14,17,23-24H,10-12H2,(H2,22,27)/t14-,17-/m0/s1. The van der Waals surface area contributed by atoms with Crippen LogP contribution in [0.2, 0.25) is 0 Å². The highest BCUT2D eigenvalue weighted by Gasteiger charge is 2.37. The second-order valence-electron chi connectivity index (χ2n) is 7.19.